The molecule has 0 bridgehead atoms. The van der Waals surface area contributed by atoms with Gasteiger partial charge < -0.3 is 9.47 Å². The van der Waals surface area contributed by atoms with E-state index in [0.717, 1.165) is 5.56 Å². The van der Waals surface area contributed by atoms with Crippen LogP contribution in [-0.2, 0) is 16.4 Å². The van der Waals surface area contributed by atoms with Gasteiger partial charge in [-0.15, -0.1) is 0 Å². The molecule has 8 heteroatoms. The summed E-state index contributed by atoms with van der Waals surface area (Å²) in [5.74, 6) is 1.27. The van der Waals surface area contributed by atoms with E-state index in [1.807, 2.05) is 25.1 Å². The number of hydrogen-bond donors (Lipinski definition) is 1. The lowest BCUT2D eigenvalue weighted by atomic mass is 10.1. The van der Waals surface area contributed by atoms with Gasteiger partial charge in [0.25, 0.3) is 0 Å². The van der Waals surface area contributed by atoms with Crippen molar-refractivity contribution in [3.05, 3.63) is 52.0 Å². The van der Waals surface area contributed by atoms with Crippen molar-refractivity contribution >= 4 is 33.2 Å². The molecule has 0 saturated carbocycles. The SMILES string of the molecule is CCOc1ccc(CCNS(=O)(=O)c2ccc(Cl)c(Cl)c2)cc1OC. The highest BCUT2D eigenvalue weighted by Crippen LogP contribution is 2.28. The molecule has 0 heterocycles. The summed E-state index contributed by atoms with van der Waals surface area (Å²) in [7, 11) is -2.09. The van der Waals surface area contributed by atoms with E-state index >= 15 is 0 Å². The fraction of sp³-hybridized carbons (Fsp3) is 0.294. The first kappa shape index (κ1) is 19.8. The molecule has 0 fully saturated rings. The van der Waals surface area contributed by atoms with Gasteiger partial charge in [0.15, 0.2) is 11.5 Å². The lowest BCUT2D eigenvalue weighted by molar-refractivity contribution is 0.310. The Bertz CT molecular complexity index is 841. The van der Waals surface area contributed by atoms with E-state index in [0.29, 0.717) is 29.5 Å². The van der Waals surface area contributed by atoms with E-state index < -0.39 is 10.0 Å². The molecular weight excluding hydrogens is 385 g/mol. The van der Waals surface area contributed by atoms with Crippen LogP contribution in [-0.4, -0.2) is 28.7 Å². The van der Waals surface area contributed by atoms with Crippen molar-refractivity contribution in [3.63, 3.8) is 0 Å². The Morgan fingerprint density at radius 2 is 1.80 bits per heavy atom. The lowest BCUT2D eigenvalue weighted by Crippen LogP contribution is -2.26. The van der Waals surface area contributed by atoms with E-state index in [4.69, 9.17) is 32.7 Å². The zero-order chi connectivity index (χ0) is 18.4. The molecule has 1 N–H and O–H groups in total. The second-order valence-electron chi connectivity index (χ2n) is 5.14. The number of ether oxygens (including phenoxy) is 2. The summed E-state index contributed by atoms with van der Waals surface area (Å²) in [4.78, 5) is 0.0752. The molecule has 25 heavy (non-hydrogen) atoms. The van der Waals surface area contributed by atoms with Crippen molar-refractivity contribution in [2.24, 2.45) is 0 Å². The summed E-state index contributed by atoms with van der Waals surface area (Å²) in [6.45, 7) is 2.67. The molecule has 0 aliphatic heterocycles. The van der Waals surface area contributed by atoms with E-state index in [9.17, 15) is 8.42 Å². The van der Waals surface area contributed by atoms with E-state index in [2.05, 4.69) is 4.72 Å². The van der Waals surface area contributed by atoms with Crippen LogP contribution in [0.25, 0.3) is 0 Å². The number of nitrogens with one attached hydrogen (secondary N) is 1. The third kappa shape index (κ3) is 5.25. The minimum absolute atomic E-state index is 0.0752. The van der Waals surface area contributed by atoms with Crippen LogP contribution in [0.15, 0.2) is 41.3 Å². The molecule has 0 atom stereocenters. The Morgan fingerprint density at radius 1 is 1.04 bits per heavy atom. The third-order valence-electron chi connectivity index (χ3n) is 3.44. The molecule has 0 unspecified atom stereocenters. The largest absolute Gasteiger partial charge is 0.493 e. The van der Waals surface area contributed by atoms with Crippen molar-refractivity contribution < 1.29 is 17.9 Å². The highest BCUT2D eigenvalue weighted by molar-refractivity contribution is 7.89. The predicted octanol–water partition coefficient (Wildman–Crippen LogP) is 3.92. The van der Waals surface area contributed by atoms with Crippen molar-refractivity contribution in [1.82, 2.24) is 4.72 Å². The molecule has 2 rings (SSSR count). The normalized spacial score (nSPS) is 11.4. The van der Waals surface area contributed by atoms with E-state index in [1.54, 1.807) is 7.11 Å². The summed E-state index contributed by atoms with van der Waals surface area (Å²) in [5, 5.41) is 0.503. The van der Waals surface area contributed by atoms with Gasteiger partial charge in [-0.25, -0.2) is 13.1 Å². The van der Waals surface area contributed by atoms with Crippen molar-refractivity contribution in [2.75, 3.05) is 20.3 Å². The van der Waals surface area contributed by atoms with Gasteiger partial charge >= 0.3 is 0 Å². The smallest absolute Gasteiger partial charge is 0.240 e. The molecule has 0 spiro atoms. The maximum Gasteiger partial charge on any atom is 0.240 e. The highest BCUT2D eigenvalue weighted by atomic mass is 35.5. The third-order valence-corrected chi connectivity index (χ3v) is 5.63. The van der Waals surface area contributed by atoms with Gasteiger partial charge in [-0.1, -0.05) is 29.3 Å². The highest BCUT2D eigenvalue weighted by Gasteiger charge is 2.15. The van der Waals surface area contributed by atoms with Crippen molar-refractivity contribution in [1.29, 1.82) is 0 Å². The minimum atomic E-state index is -3.65. The van der Waals surface area contributed by atoms with Gasteiger partial charge in [0.1, 0.15) is 0 Å². The summed E-state index contributed by atoms with van der Waals surface area (Å²) in [6, 6.07) is 9.71. The monoisotopic (exact) mass is 403 g/mol. The number of hydrogen-bond acceptors (Lipinski definition) is 4. The molecule has 0 amide bonds. The quantitative estimate of drug-likeness (QED) is 0.725. The Kier molecular flexibility index (Phi) is 6.95. The molecule has 0 saturated heterocycles. The van der Waals surface area contributed by atoms with Gasteiger partial charge in [0, 0.05) is 6.54 Å². The topological polar surface area (TPSA) is 64.6 Å². The fourth-order valence-corrected chi connectivity index (χ4v) is 3.62. The van der Waals surface area contributed by atoms with Crippen LogP contribution >= 0.6 is 23.2 Å². The lowest BCUT2D eigenvalue weighted by Gasteiger charge is -2.11. The molecular formula is C17H19Cl2NO4S. The first-order valence-corrected chi connectivity index (χ1v) is 9.85. The molecule has 136 valence electrons. The summed E-state index contributed by atoms with van der Waals surface area (Å²) >= 11 is 11.7. The number of halogens is 2. The Morgan fingerprint density at radius 3 is 2.44 bits per heavy atom. The maximum absolute atomic E-state index is 12.3. The zero-order valence-corrected chi connectivity index (χ0v) is 16.2. The average molecular weight is 404 g/mol. The molecule has 5 nitrogen and oxygen atoms in total. The van der Waals surface area contributed by atoms with Gasteiger partial charge in [-0.2, -0.15) is 0 Å². The van der Waals surface area contributed by atoms with Crippen LogP contribution in [0.1, 0.15) is 12.5 Å². The number of rotatable bonds is 8. The minimum Gasteiger partial charge on any atom is -0.493 e. The van der Waals surface area contributed by atoms with E-state index in [1.165, 1.54) is 18.2 Å². The molecule has 0 radical (unpaired) electrons. The number of sulfonamides is 1. The standard InChI is InChI=1S/C17H19Cl2NO4S/c1-3-24-16-7-4-12(10-17(16)23-2)8-9-20-25(21,22)13-5-6-14(18)15(19)11-13/h4-7,10-11,20H,3,8-9H2,1-2H3. The van der Waals surface area contributed by atoms with Crippen molar-refractivity contribution in [3.8, 4) is 11.5 Å². The van der Waals surface area contributed by atoms with Gasteiger partial charge in [-0.3, -0.25) is 0 Å². The van der Waals surface area contributed by atoms with Crippen LogP contribution < -0.4 is 14.2 Å². The van der Waals surface area contributed by atoms with Gasteiger partial charge in [-0.05, 0) is 49.2 Å². The van der Waals surface area contributed by atoms with Gasteiger partial charge in [0.2, 0.25) is 10.0 Å². The molecule has 0 aliphatic rings. The average Bonchev–Trinajstić information content (AvgIpc) is 2.58. The first-order valence-electron chi connectivity index (χ1n) is 7.61. The van der Waals surface area contributed by atoms with Crippen molar-refractivity contribution in [2.45, 2.75) is 18.2 Å². The number of benzene rings is 2. The predicted molar refractivity (Wildman–Crippen MR) is 99.5 cm³/mol. The van der Waals surface area contributed by atoms with E-state index in [-0.39, 0.29) is 16.5 Å². The number of methoxy groups -OCH3 is 1. The molecule has 0 aliphatic carbocycles. The van der Waals surface area contributed by atoms with Crippen LogP contribution in [0.3, 0.4) is 0 Å². The summed E-state index contributed by atoms with van der Waals surface area (Å²) in [5.41, 5.74) is 0.928. The maximum atomic E-state index is 12.3. The van der Waals surface area contributed by atoms with Crippen LogP contribution in [0, 0.1) is 0 Å². The van der Waals surface area contributed by atoms with Gasteiger partial charge in [0.05, 0.1) is 28.7 Å². The molecule has 0 aromatic heterocycles. The summed E-state index contributed by atoms with van der Waals surface area (Å²) in [6.07, 6.45) is 0.503. The molecule has 2 aromatic carbocycles. The second-order valence-corrected chi connectivity index (χ2v) is 7.72. The fourth-order valence-electron chi connectivity index (χ4n) is 2.20. The van der Waals surface area contributed by atoms with Crippen LogP contribution in [0.2, 0.25) is 10.0 Å². The molecule has 2 aromatic rings. The van der Waals surface area contributed by atoms with Crippen LogP contribution in [0.4, 0.5) is 0 Å². The summed E-state index contributed by atoms with van der Waals surface area (Å²) < 4.78 is 37.9. The second kappa shape index (κ2) is 8.76. The first-order chi connectivity index (χ1) is 11.9. The zero-order valence-electron chi connectivity index (χ0n) is 13.9. The Labute approximate surface area is 157 Å². The Hall–Kier alpha value is -1.47. The Balaban J connectivity index is 2.03. The van der Waals surface area contributed by atoms with Crippen LogP contribution in [0.5, 0.6) is 11.5 Å².